The molecule has 0 saturated carbocycles. The molecular formula is C21H26N2O2S. The fraction of sp³-hybridized carbons (Fsp3) is 0.524. The second-order valence-electron chi connectivity index (χ2n) is 7.75. The van der Waals surface area contributed by atoms with E-state index in [2.05, 4.69) is 37.3 Å². The van der Waals surface area contributed by atoms with Gasteiger partial charge in [-0.3, -0.25) is 9.69 Å². The molecule has 0 spiro atoms. The van der Waals surface area contributed by atoms with Crippen LogP contribution in [0.1, 0.15) is 48.2 Å². The number of thiazole rings is 1. The summed E-state index contributed by atoms with van der Waals surface area (Å²) >= 11 is 1.70. The van der Waals surface area contributed by atoms with Gasteiger partial charge in [-0.1, -0.05) is 37.3 Å². The SMILES string of the molecule is CN(C(=O)C1(C)CCOCC1)c1nc2c(s1)CC(c1ccccc1)CC2. The number of nitrogens with zero attached hydrogens (tertiary/aromatic N) is 2. The Balaban J connectivity index is 1.51. The fourth-order valence-electron chi connectivity index (χ4n) is 4.04. The van der Waals surface area contributed by atoms with Gasteiger partial charge >= 0.3 is 0 Å². The highest BCUT2D eigenvalue weighted by Crippen LogP contribution is 2.39. The highest BCUT2D eigenvalue weighted by atomic mass is 32.1. The summed E-state index contributed by atoms with van der Waals surface area (Å²) in [6.45, 7) is 3.40. The van der Waals surface area contributed by atoms with Gasteiger partial charge in [0.25, 0.3) is 0 Å². The van der Waals surface area contributed by atoms with Crippen LogP contribution in [-0.4, -0.2) is 31.2 Å². The average molecular weight is 371 g/mol. The van der Waals surface area contributed by atoms with Crippen molar-refractivity contribution in [2.45, 2.75) is 44.9 Å². The van der Waals surface area contributed by atoms with Crippen molar-refractivity contribution in [1.82, 2.24) is 4.98 Å². The Morgan fingerprint density at radius 3 is 2.73 bits per heavy atom. The van der Waals surface area contributed by atoms with Crippen LogP contribution in [0.15, 0.2) is 30.3 Å². The van der Waals surface area contributed by atoms with E-state index in [1.165, 1.54) is 16.1 Å². The fourth-order valence-corrected chi connectivity index (χ4v) is 5.19. The van der Waals surface area contributed by atoms with Gasteiger partial charge in [-0.15, -0.1) is 11.3 Å². The lowest BCUT2D eigenvalue weighted by Gasteiger charge is -2.34. The normalized spacial score (nSPS) is 21.8. The number of aryl methyl sites for hydroxylation is 1. The second kappa shape index (κ2) is 7.12. The Labute approximate surface area is 159 Å². The average Bonchev–Trinajstić information content (AvgIpc) is 3.11. The van der Waals surface area contributed by atoms with Gasteiger partial charge in [-0.05, 0) is 43.6 Å². The van der Waals surface area contributed by atoms with Gasteiger partial charge in [0, 0.05) is 25.1 Å². The standard InChI is InChI=1S/C21H26N2O2S/c1-21(10-12-25-13-11-21)19(24)23(2)20-22-17-9-8-16(14-18(17)26-20)15-6-4-3-5-7-15/h3-7,16H,8-14H2,1-2H3. The minimum atomic E-state index is -0.328. The summed E-state index contributed by atoms with van der Waals surface area (Å²) in [5, 5.41) is 0.849. The van der Waals surface area contributed by atoms with E-state index in [-0.39, 0.29) is 11.3 Å². The quantitative estimate of drug-likeness (QED) is 0.813. The molecule has 1 amide bonds. The molecule has 1 fully saturated rings. The van der Waals surface area contributed by atoms with Crippen molar-refractivity contribution in [2.24, 2.45) is 5.41 Å². The van der Waals surface area contributed by atoms with Gasteiger partial charge in [0.15, 0.2) is 5.13 Å². The maximum atomic E-state index is 13.1. The van der Waals surface area contributed by atoms with Crippen LogP contribution in [0, 0.1) is 5.41 Å². The third kappa shape index (κ3) is 3.30. The van der Waals surface area contributed by atoms with Gasteiger partial charge in [0.1, 0.15) is 0 Å². The van der Waals surface area contributed by atoms with Crippen LogP contribution < -0.4 is 4.90 Å². The van der Waals surface area contributed by atoms with E-state index in [4.69, 9.17) is 9.72 Å². The molecule has 2 heterocycles. The largest absolute Gasteiger partial charge is 0.381 e. The number of hydrogen-bond acceptors (Lipinski definition) is 4. The van der Waals surface area contributed by atoms with Gasteiger partial charge in [0.2, 0.25) is 5.91 Å². The van der Waals surface area contributed by atoms with Crippen molar-refractivity contribution in [2.75, 3.05) is 25.2 Å². The van der Waals surface area contributed by atoms with E-state index < -0.39 is 0 Å². The monoisotopic (exact) mass is 370 g/mol. The number of aromatic nitrogens is 1. The zero-order chi connectivity index (χ0) is 18.1. The summed E-state index contributed by atoms with van der Waals surface area (Å²) < 4.78 is 5.44. The van der Waals surface area contributed by atoms with Crippen molar-refractivity contribution in [3.8, 4) is 0 Å². The molecule has 1 aromatic heterocycles. The zero-order valence-corrected chi connectivity index (χ0v) is 16.3. The van der Waals surface area contributed by atoms with Gasteiger partial charge in [-0.2, -0.15) is 0 Å². The van der Waals surface area contributed by atoms with E-state index >= 15 is 0 Å². The zero-order valence-electron chi connectivity index (χ0n) is 15.5. The third-order valence-corrected chi connectivity index (χ3v) is 7.10. The molecule has 1 aliphatic carbocycles. The maximum absolute atomic E-state index is 13.1. The number of benzene rings is 1. The molecule has 0 N–H and O–H groups in total. The van der Waals surface area contributed by atoms with Crippen molar-refractivity contribution in [1.29, 1.82) is 0 Å². The second-order valence-corrected chi connectivity index (χ2v) is 8.82. The molecular weight excluding hydrogens is 344 g/mol. The third-order valence-electron chi connectivity index (χ3n) is 5.90. The van der Waals surface area contributed by atoms with E-state index in [1.54, 1.807) is 16.2 Å². The van der Waals surface area contributed by atoms with Crippen molar-refractivity contribution < 1.29 is 9.53 Å². The molecule has 4 nitrogen and oxygen atoms in total. The van der Waals surface area contributed by atoms with Crippen LogP contribution in [0.4, 0.5) is 5.13 Å². The minimum Gasteiger partial charge on any atom is -0.381 e. The highest BCUT2D eigenvalue weighted by Gasteiger charge is 2.38. The smallest absolute Gasteiger partial charge is 0.234 e. The summed E-state index contributed by atoms with van der Waals surface area (Å²) in [7, 11) is 1.88. The van der Waals surface area contributed by atoms with Crippen LogP contribution in [-0.2, 0) is 22.4 Å². The first kappa shape index (κ1) is 17.7. The van der Waals surface area contributed by atoms with E-state index in [0.717, 1.165) is 37.2 Å². The van der Waals surface area contributed by atoms with Crippen molar-refractivity contribution in [3.05, 3.63) is 46.5 Å². The number of carbonyl (C=O) groups is 1. The predicted octanol–water partition coefficient (Wildman–Crippen LogP) is 4.20. The highest BCUT2D eigenvalue weighted by molar-refractivity contribution is 7.16. The molecule has 5 heteroatoms. The van der Waals surface area contributed by atoms with Crippen molar-refractivity contribution in [3.63, 3.8) is 0 Å². The Hall–Kier alpha value is -1.72. The summed E-state index contributed by atoms with van der Waals surface area (Å²) in [6.07, 6.45) is 4.74. The molecule has 4 rings (SSSR count). The van der Waals surface area contributed by atoms with Crippen LogP contribution in [0.5, 0.6) is 0 Å². The number of anilines is 1. The van der Waals surface area contributed by atoms with Gasteiger partial charge in [0.05, 0.1) is 11.1 Å². The molecule has 26 heavy (non-hydrogen) atoms. The van der Waals surface area contributed by atoms with Gasteiger partial charge < -0.3 is 4.74 Å². The number of rotatable bonds is 3. The number of carbonyl (C=O) groups excluding carboxylic acids is 1. The van der Waals surface area contributed by atoms with Crippen LogP contribution in [0.2, 0.25) is 0 Å². The van der Waals surface area contributed by atoms with E-state index in [9.17, 15) is 4.79 Å². The van der Waals surface area contributed by atoms with Crippen LogP contribution >= 0.6 is 11.3 Å². The molecule has 2 aromatic rings. The summed E-state index contributed by atoms with van der Waals surface area (Å²) in [5.74, 6) is 0.734. The number of ether oxygens (including phenoxy) is 1. The molecule has 1 saturated heterocycles. The molecule has 0 bridgehead atoms. The molecule has 138 valence electrons. The first-order valence-electron chi connectivity index (χ1n) is 9.46. The predicted molar refractivity (Wildman–Crippen MR) is 105 cm³/mol. The van der Waals surface area contributed by atoms with Crippen LogP contribution in [0.25, 0.3) is 0 Å². The molecule has 0 radical (unpaired) electrons. The number of fused-ring (bicyclic) bond motifs is 1. The Bertz CT molecular complexity index is 781. The molecule has 2 aliphatic rings. The molecule has 1 aliphatic heterocycles. The number of amides is 1. The van der Waals surface area contributed by atoms with Crippen molar-refractivity contribution >= 4 is 22.4 Å². The lowest BCUT2D eigenvalue weighted by atomic mass is 9.81. The molecule has 1 aromatic carbocycles. The lowest BCUT2D eigenvalue weighted by Crippen LogP contribution is -2.43. The maximum Gasteiger partial charge on any atom is 0.234 e. The topological polar surface area (TPSA) is 42.4 Å². The lowest BCUT2D eigenvalue weighted by molar-refractivity contribution is -0.132. The summed E-state index contributed by atoms with van der Waals surface area (Å²) in [4.78, 5) is 21.0. The Morgan fingerprint density at radius 2 is 2.00 bits per heavy atom. The van der Waals surface area contributed by atoms with Gasteiger partial charge in [-0.25, -0.2) is 4.98 Å². The van der Waals surface area contributed by atoms with E-state index in [0.29, 0.717) is 19.1 Å². The summed E-state index contributed by atoms with van der Waals surface area (Å²) in [6, 6.07) is 10.7. The first-order chi connectivity index (χ1) is 12.6. The summed E-state index contributed by atoms with van der Waals surface area (Å²) in [5.41, 5.74) is 2.27. The molecule has 1 unspecified atom stereocenters. The molecule has 1 atom stereocenters. The Kier molecular flexibility index (Phi) is 4.84. The van der Waals surface area contributed by atoms with E-state index in [1.807, 2.05) is 7.05 Å². The first-order valence-corrected chi connectivity index (χ1v) is 10.3. The Morgan fingerprint density at radius 1 is 1.27 bits per heavy atom. The number of hydrogen-bond donors (Lipinski definition) is 0. The minimum absolute atomic E-state index is 0.173. The van der Waals surface area contributed by atoms with Crippen LogP contribution in [0.3, 0.4) is 0 Å².